The molecule has 1 amide bonds. The van der Waals surface area contributed by atoms with Crippen LogP contribution in [0.1, 0.15) is 24.1 Å². The van der Waals surface area contributed by atoms with Gasteiger partial charge in [0.2, 0.25) is 15.9 Å². The van der Waals surface area contributed by atoms with Crippen LogP contribution in [0, 0.1) is 6.92 Å². The fourth-order valence-electron chi connectivity index (χ4n) is 2.75. The van der Waals surface area contributed by atoms with Gasteiger partial charge in [-0.2, -0.15) is 0 Å². The first-order valence-electron chi connectivity index (χ1n) is 8.29. The molecule has 2 rings (SSSR count). The summed E-state index contributed by atoms with van der Waals surface area (Å²) in [4.78, 5) is 12.6. The Morgan fingerprint density at radius 1 is 1.26 bits per heavy atom. The third kappa shape index (κ3) is 5.37. The number of aryl methyl sites for hydroxylation is 1. The normalized spacial score (nSPS) is 12.3. The van der Waals surface area contributed by atoms with Gasteiger partial charge in [-0.3, -0.25) is 9.10 Å². The maximum atomic E-state index is 12.6. The van der Waals surface area contributed by atoms with Crippen LogP contribution in [0.5, 0.6) is 5.75 Å². The number of rotatable bonds is 7. The van der Waals surface area contributed by atoms with Crippen molar-refractivity contribution in [2.24, 2.45) is 0 Å². The third-order valence-corrected chi connectivity index (χ3v) is 5.47. The standard InChI is InChI=1S/C19H23ClN2O4S/c1-13-9-10-15(20)11-17(13)22(27(4,24)25)12-19(23)21-14(2)16-7-5-6-8-18(16)26-3/h5-11,14H,12H2,1-4H3,(H,21,23)/t14-/m1/s1. The van der Waals surface area contributed by atoms with Crippen molar-refractivity contribution in [2.45, 2.75) is 19.9 Å². The van der Waals surface area contributed by atoms with Gasteiger partial charge in [-0.1, -0.05) is 35.9 Å². The van der Waals surface area contributed by atoms with Gasteiger partial charge >= 0.3 is 0 Å². The van der Waals surface area contributed by atoms with E-state index in [0.29, 0.717) is 22.0 Å². The van der Waals surface area contributed by atoms with Crippen LogP contribution in [-0.2, 0) is 14.8 Å². The molecule has 27 heavy (non-hydrogen) atoms. The number of anilines is 1. The van der Waals surface area contributed by atoms with E-state index in [0.717, 1.165) is 16.1 Å². The van der Waals surface area contributed by atoms with Gasteiger partial charge in [-0.15, -0.1) is 0 Å². The van der Waals surface area contributed by atoms with E-state index >= 15 is 0 Å². The number of nitrogens with one attached hydrogen (secondary N) is 1. The van der Waals surface area contributed by atoms with Gasteiger partial charge in [0.15, 0.2) is 0 Å². The van der Waals surface area contributed by atoms with Crippen molar-refractivity contribution >= 4 is 33.2 Å². The Balaban J connectivity index is 2.23. The van der Waals surface area contributed by atoms with E-state index in [2.05, 4.69) is 5.32 Å². The van der Waals surface area contributed by atoms with Crippen molar-refractivity contribution in [1.29, 1.82) is 0 Å². The number of ether oxygens (including phenoxy) is 1. The molecule has 6 nitrogen and oxygen atoms in total. The minimum Gasteiger partial charge on any atom is -0.496 e. The van der Waals surface area contributed by atoms with Gasteiger partial charge in [0.1, 0.15) is 12.3 Å². The van der Waals surface area contributed by atoms with E-state index < -0.39 is 15.9 Å². The van der Waals surface area contributed by atoms with Crippen LogP contribution in [0.3, 0.4) is 0 Å². The molecule has 0 radical (unpaired) electrons. The van der Waals surface area contributed by atoms with Crippen LogP contribution >= 0.6 is 11.6 Å². The first-order chi connectivity index (χ1) is 12.6. The predicted molar refractivity (Wildman–Crippen MR) is 108 cm³/mol. The highest BCUT2D eigenvalue weighted by Crippen LogP contribution is 2.27. The second-order valence-corrected chi connectivity index (χ2v) is 8.57. The quantitative estimate of drug-likeness (QED) is 0.759. The average Bonchev–Trinajstić information content (AvgIpc) is 2.61. The van der Waals surface area contributed by atoms with Gasteiger partial charge in [0, 0.05) is 10.6 Å². The summed E-state index contributed by atoms with van der Waals surface area (Å²) in [5.74, 6) is 0.217. The lowest BCUT2D eigenvalue weighted by Crippen LogP contribution is -2.41. The van der Waals surface area contributed by atoms with Gasteiger partial charge in [-0.25, -0.2) is 8.42 Å². The Morgan fingerprint density at radius 2 is 1.93 bits per heavy atom. The van der Waals surface area contributed by atoms with E-state index in [1.807, 2.05) is 25.1 Å². The monoisotopic (exact) mass is 410 g/mol. The van der Waals surface area contributed by atoms with E-state index in [9.17, 15) is 13.2 Å². The van der Waals surface area contributed by atoms with Crippen LogP contribution in [-0.4, -0.2) is 34.2 Å². The molecule has 0 aliphatic heterocycles. The van der Waals surface area contributed by atoms with Crippen molar-refractivity contribution in [3.63, 3.8) is 0 Å². The van der Waals surface area contributed by atoms with E-state index in [1.54, 1.807) is 32.2 Å². The molecule has 1 atom stereocenters. The Labute approximate surface area is 165 Å². The Bertz CT molecular complexity index is 931. The van der Waals surface area contributed by atoms with Crippen LogP contribution in [0.25, 0.3) is 0 Å². The molecule has 146 valence electrons. The molecule has 0 bridgehead atoms. The second kappa shape index (κ2) is 8.63. The van der Waals surface area contributed by atoms with Crippen molar-refractivity contribution in [3.8, 4) is 5.75 Å². The van der Waals surface area contributed by atoms with E-state index in [4.69, 9.17) is 16.3 Å². The molecule has 0 aromatic heterocycles. The molecule has 2 aromatic rings. The maximum absolute atomic E-state index is 12.6. The molecule has 0 unspecified atom stereocenters. The summed E-state index contributed by atoms with van der Waals surface area (Å²) < 4.78 is 30.9. The second-order valence-electron chi connectivity index (χ2n) is 6.23. The summed E-state index contributed by atoms with van der Waals surface area (Å²) in [5, 5.41) is 3.21. The Kier molecular flexibility index (Phi) is 6.73. The Hall–Kier alpha value is -2.25. The lowest BCUT2D eigenvalue weighted by molar-refractivity contribution is -0.120. The smallest absolute Gasteiger partial charge is 0.241 e. The minimum absolute atomic E-state index is 0.348. The zero-order valence-electron chi connectivity index (χ0n) is 15.7. The number of nitrogens with zero attached hydrogens (tertiary/aromatic N) is 1. The third-order valence-electron chi connectivity index (χ3n) is 4.11. The van der Waals surface area contributed by atoms with Gasteiger partial charge < -0.3 is 10.1 Å². The summed E-state index contributed by atoms with van der Waals surface area (Å²) in [6.07, 6.45) is 1.06. The van der Waals surface area contributed by atoms with Crippen molar-refractivity contribution < 1.29 is 17.9 Å². The number of sulfonamides is 1. The number of methoxy groups -OCH3 is 1. The van der Waals surface area contributed by atoms with Crippen molar-refractivity contribution in [2.75, 3.05) is 24.2 Å². The SMILES string of the molecule is COc1ccccc1[C@@H](C)NC(=O)CN(c1cc(Cl)ccc1C)S(C)(=O)=O. The highest BCUT2D eigenvalue weighted by molar-refractivity contribution is 7.92. The molecule has 2 aromatic carbocycles. The lowest BCUT2D eigenvalue weighted by atomic mass is 10.1. The van der Waals surface area contributed by atoms with Gasteiger partial charge in [0.25, 0.3) is 0 Å². The number of carbonyl (C=O) groups excluding carboxylic acids is 1. The summed E-state index contributed by atoms with van der Waals surface area (Å²) in [5.41, 5.74) is 1.89. The highest BCUT2D eigenvalue weighted by Gasteiger charge is 2.24. The summed E-state index contributed by atoms with van der Waals surface area (Å²) >= 11 is 6.01. The number of benzene rings is 2. The molecule has 8 heteroatoms. The summed E-state index contributed by atoms with van der Waals surface area (Å²) in [7, 11) is -2.12. The van der Waals surface area contributed by atoms with Gasteiger partial charge in [0.05, 0.1) is 25.1 Å². The first kappa shape index (κ1) is 21.1. The molecule has 0 spiro atoms. The molecule has 0 aliphatic rings. The number of carbonyl (C=O) groups is 1. The summed E-state index contributed by atoms with van der Waals surface area (Å²) in [6, 6.07) is 11.9. The van der Waals surface area contributed by atoms with E-state index in [-0.39, 0.29) is 12.6 Å². The van der Waals surface area contributed by atoms with Crippen molar-refractivity contribution in [3.05, 3.63) is 58.6 Å². The first-order valence-corrected chi connectivity index (χ1v) is 10.5. The predicted octanol–water partition coefficient (Wildman–Crippen LogP) is 3.30. The zero-order valence-corrected chi connectivity index (χ0v) is 17.3. The van der Waals surface area contributed by atoms with E-state index in [1.165, 1.54) is 6.07 Å². The Morgan fingerprint density at radius 3 is 2.56 bits per heavy atom. The van der Waals surface area contributed by atoms with Crippen LogP contribution < -0.4 is 14.4 Å². The molecule has 0 saturated carbocycles. The molecule has 0 heterocycles. The topological polar surface area (TPSA) is 75.7 Å². The molecule has 0 aliphatic carbocycles. The number of hydrogen-bond acceptors (Lipinski definition) is 4. The number of para-hydroxylation sites is 1. The minimum atomic E-state index is -3.68. The largest absolute Gasteiger partial charge is 0.496 e. The fraction of sp³-hybridized carbons (Fsp3) is 0.316. The average molecular weight is 411 g/mol. The summed E-state index contributed by atoms with van der Waals surface area (Å²) in [6.45, 7) is 3.23. The highest BCUT2D eigenvalue weighted by atomic mass is 35.5. The molecule has 1 N–H and O–H groups in total. The zero-order chi connectivity index (χ0) is 20.2. The number of hydrogen-bond donors (Lipinski definition) is 1. The molecular weight excluding hydrogens is 388 g/mol. The van der Waals surface area contributed by atoms with Crippen LogP contribution in [0.15, 0.2) is 42.5 Å². The maximum Gasteiger partial charge on any atom is 0.241 e. The van der Waals surface area contributed by atoms with Gasteiger partial charge in [-0.05, 0) is 37.6 Å². The number of halogens is 1. The van der Waals surface area contributed by atoms with Crippen LogP contribution in [0.2, 0.25) is 5.02 Å². The molecule has 0 fully saturated rings. The van der Waals surface area contributed by atoms with Crippen LogP contribution in [0.4, 0.5) is 5.69 Å². The molecular formula is C19H23ClN2O4S. The van der Waals surface area contributed by atoms with Crippen molar-refractivity contribution in [1.82, 2.24) is 5.32 Å². The number of amides is 1. The molecule has 0 saturated heterocycles. The fourth-order valence-corrected chi connectivity index (χ4v) is 3.82. The lowest BCUT2D eigenvalue weighted by Gasteiger charge is -2.25.